The highest BCUT2D eigenvalue weighted by atomic mass is 35.5. The first-order chi connectivity index (χ1) is 15.7. The van der Waals surface area contributed by atoms with Crippen molar-refractivity contribution in [3.8, 4) is 0 Å². The average Bonchev–Trinajstić information content (AvgIpc) is 3.62. The molecule has 1 aliphatic heterocycles. The molecule has 178 valence electrons. The van der Waals surface area contributed by atoms with Crippen LogP contribution in [0.1, 0.15) is 49.5 Å². The Morgan fingerprint density at radius 1 is 1.12 bits per heavy atom. The molecule has 0 spiro atoms. The summed E-state index contributed by atoms with van der Waals surface area (Å²) in [6.07, 6.45) is 1.78. The first-order valence-corrected chi connectivity index (χ1v) is 13.3. The molecule has 3 atom stereocenters. The second-order valence-corrected chi connectivity index (χ2v) is 11.5. The highest BCUT2D eigenvalue weighted by molar-refractivity contribution is 7.89. The molecule has 0 radical (unpaired) electrons. The van der Waals surface area contributed by atoms with Crippen molar-refractivity contribution in [2.45, 2.75) is 63.3 Å². The van der Waals surface area contributed by atoms with Gasteiger partial charge in [0.2, 0.25) is 10.0 Å². The van der Waals surface area contributed by atoms with Crippen molar-refractivity contribution >= 4 is 27.5 Å². The first-order valence-electron chi connectivity index (χ1n) is 11.5. The molecule has 4 rings (SSSR count). The summed E-state index contributed by atoms with van der Waals surface area (Å²) in [6.45, 7) is 6.74. The molecule has 1 amide bonds. The van der Waals surface area contributed by atoms with Crippen molar-refractivity contribution in [2.75, 3.05) is 13.1 Å². The molecule has 33 heavy (non-hydrogen) atoms. The molecule has 2 aliphatic rings. The third-order valence-corrected chi connectivity index (χ3v) is 8.75. The van der Waals surface area contributed by atoms with Crippen molar-refractivity contribution in [1.29, 1.82) is 0 Å². The van der Waals surface area contributed by atoms with Gasteiger partial charge in [0.05, 0.1) is 17.2 Å². The molecule has 3 unspecified atom stereocenters. The van der Waals surface area contributed by atoms with E-state index in [0.29, 0.717) is 18.0 Å². The van der Waals surface area contributed by atoms with E-state index in [1.807, 2.05) is 49.1 Å². The number of ether oxygens (including phenoxy) is 1. The number of hydrogen-bond acceptors (Lipinski definition) is 4. The Hall–Kier alpha value is -1.93. The SMILES string of the molecule is CC1CN(S(=O)(=O)c2cc(C(=O)N(Cc3ccccc3)C(C)C3CC3)ccc2Cl)CC(C)O1. The van der Waals surface area contributed by atoms with E-state index in [9.17, 15) is 13.2 Å². The Morgan fingerprint density at radius 2 is 1.76 bits per heavy atom. The number of morpholine rings is 1. The minimum atomic E-state index is -3.87. The van der Waals surface area contributed by atoms with Gasteiger partial charge in [-0.05, 0) is 63.3 Å². The monoisotopic (exact) mass is 490 g/mol. The Balaban J connectivity index is 1.65. The first kappa shape index (κ1) is 24.2. The summed E-state index contributed by atoms with van der Waals surface area (Å²) in [6, 6.07) is 14.5. The van der Waals surface area contributed by atoms with Crippen LogP contribution in [0.5, 0.6) is 0 Å². The van der Waals surface area contributed by atoms with E-state index in [1.54, 1.807) is 6.07 Å². The van der Waals surface area contributed by atoms with Crippen molar-refractivity contribution < 1.29 is 17.9 Å². The number of nitrogens with zero attached hydrogens (tertiary/aromatic N) is 2. The lowest BCUT2D eigenvalue weighted by atomic mass is 10.1. The second-order valence-electron chi connectivity index (χ2n) is 9.22. The van der Waals surface area contributed by atoms with E-state index in [4.69, 9.17) is 16.3 Å². The molecule has 1 saturated carbocycles. The van der Waals surface area contributed by atoms with E-state index in [1.165, 1.54) is 16.4 Å². The van der Waals surface area contributed by atoms with Gasteiger partial charge in [0.1, 0.15) is 4.90 Å². The minimum absolute atomic E-state index is 0.0324. The summed E-state index contributed by atoms with van der Waals surface area (Å²) in [4.78, 5) is 15.5. The standard InChI is InChI=1S/C25H31ClN2O4S/c1-17-14-27(15-18(2)32-17)33(30,31)24-13-22(11-12-23(24)26)25(29)28(19(3)21-9-10-21)16-20-7-5-4-6-8-20/h4-8,11-13,17-19,21H,9-10,14-16H2,1-3H3. The van der Waals surface area contributed by atoms with Gasteiger partial charge in [0.25, 0.3) is 5.91 Å². The maximum Gasteiger partial charge on any atom is 0.254 e. The number of hydrogen-bond donors (Lipinski definition) is 0. The average molecular weight is 491 g/mol. The third-order valence-electron chi connectivity index (χ3n) is 6.43. The van der Waals surface area contributed by atoms with Crippen molar-refractivity contribution in [3.63, 3.8) is 0 Å². The summed E-state index contributed by atoms with van der Waals surface area (Å²) < 4.78 is 34.0. The molecule has 0 N–H and O–H groups in total. The Labute approximate surface area is 201 Å². The van der Waals surface area contributed by atoms with Gasteiger partial charge in [-0.15, -0.1) is 0 Å². The summed E-state index contributed by atoms with van der Waals surface area (Å²) >= 11 is 6.35. The predicted molar refractivity (Wildman–Crippen MR) is 129 cm³/mol. The molecule has 2 aromatic rings. The van der Waals surface area contributed by atoms with Gasteiger partial charge in [-0.3, -0.25) is 4.79 Å². The number of halogens is 1. The Kier molecular flexibility index (Phi) is 7.15. The fourth-order valence-corrected chi connectivity index (χ4v) is 6.57. The van der Waals surface area contributed by atoms with Crippen LogP contribution >= 0.6 is 11.6 Å². The molecule has 2 aromatic carbocycles. The fraction of sp³-hybridized carbons (Fsp3) is 0.480. The highest BCUT2D eigenvalue weighted by Gasteiger charge is 2.36. The summed E-state index contributed by atoms with van der Waals surface area (Å²) in [5, 5.41) is 0.114. The van der Waals surface area contributed by atoms with Crippen LogP contribution in [0.4, 0.5) is 0 Å². The second kappa shape index (κ2) is 9.74. The molecule has 2 fully saturated rings. The molecular weight excluding hydrogens is 460 g/mol. The van der Waals surface area contributed by atoms with Crippen LogP contribution < -0.4 is 0 Å². The number of benzene rings is 2. The maximum atomic E-state index is 13.6. The molecule has 1 heterocycles. The van der Waals surface area contributed by atoms with Gasteiger partial charge in [-0.1, -0.05) is 41.9 Å². The van der Waals surface area contributed by atoms with E-state index in [0.717, 1.165) is 18.4 Å². The number of rotatable bonds is 7. The van der Waals surface area contributed by atoms with E-state index in [2.05, 4.69) is 6.92 Å². The van der Waals surface area contributed by atoms with E-state index < -0.39 is 10.0 Å². The lowest BCUT2D eigenvalue weighted by Gasteiger charge is -2.34. The summed E-state index contributed by atoms with van der Waals surface area (Å²) in [7, 11) is -3.87. The highest BCUT2D eigenvalue weighted by Crippen LogP contribution is 2.37. The lowest BCUT2D eigenvalue weighted by molar-refractivity contribution is -0.0440. The zero-order valence-electron chi connectivity index (χ0n) is 19.3. The summed E-state index contributed by atoms with van der Waals surface area (Å²) in [5.74, 6) is 0.291. The van der Waals surface area contributed by atoms with E-state index >= 15 is 0 Å². The van der Waals surface area contributed by atoms with Gasteiger partial charge < -0.3 is 9.64 Å². The van der Waals surface area contributed by atoms with Gasteiger partial charge in [-0.25, -0.2) is 8.42 Å². The largest absolute Gasteiger partial charge is 0.373 e. The maximum absolute atomic E-state index is 13.6. The zero-order valence-corrected chi connectivity index (χ0v) is 20.8. The molecule has 1 aliphatic carbocycles. The Morgan fingerprint density at radius 3 is 2.36 bits per heavy atom. The van der Waals surface area contributed by atoms with Gasteiger partial charge in [0, 0.05) is 31.2 Å². The van der Waals surface area contributed by atoms with E-state index in [-0.39, 0.29) is 47.2 Å². The van der Waals surface area contributed by atoms with Crippen LogP contribution in [0.25, 0.3) is 0 Å². The van der Waals surface area contributed by atoms with Crippen LogP contribution in [0.15, 0.2) is 53.4 Å². The number of amides is 1. The van der Waals surface area contributed by atoms with Crippen molar-refractivity contribution in [2.24, 2.45) is 5.92 Å². The zero-order chi connectivity index (χ0) is 23.8. The third kappa shape index (κ3) is 5.43. The lowest BCUT2D eigenvalue weighted by Crippen LogP contribution is -2.48. The number of sulfonamides is 1. The molecular formula is C25H31ClN2O4S. The molecule has 0 bridgehead atoms. The number of carbonyl (C=O) groups is 1. The van der Waals surface area contributed by atoms with Crippen LogP contribution in [0.2, 0.25) is 5.02 Å². The predicted octanol–water partition coefficient (Wildman–Crippen LogP) is 4.58. The fourth-order valence-electron chi connectivity index (χ4n) is 4.48. The smallest absolute Gasteiger partial charge is 0.254 e. The summed E-state index contributed by atoms with van der Waals surface area (Å²) in [5.41, 5.74) is 1.37. The molecule has 8 heteroatoms. The molecule has 1 saturated heterocycles. The van der Waals surface area contributed by atoms with Crippen molar-refractivity contribution in [3.05, 3.63) is 64.7 Å². The topological polar surface area (TPSA) is 66.9 Å². The van der Waals surface area contributed by atoms with Crippen LogP contribution in [0, 0.1) is 5.92 Å². The van der Waals surface area contributed by atoms with Crippen LogP contribution in [-0.2, 0) is 21.3 Å². The van der Waals surface area contributed by atoms with Crippen LogP contribution in [0.3, 0.4) is 0 Å². The Bertz CT molecular complexity index is 1090. The minimum Gasteiger partial charge on any atom is -0.373 e. The van der Waals surface area contributed by atoms with Gasteiger partial charge >= 0.3 is 0 Å². The normalized spacial score (nSPS) is 22.7. The van der Waals surface area contributed by atoms with Gasteiger partial charge in [0.15, 0.2) is 0 Å². The quantitative estimate of drug-likeness (QED) is 0.569. The van der Waals surface area contributed by atoms with Crippen LogP contribution in [-0.4, -0.2) is 54.9 Å². The molecule has 6 nitrogen and oxygen atoms in total. The molecule has 0 aromatic heterocycles. The van der Waals surface area contributed by atoms with Crippen molar-refractivity contribution in [1.82, 2.24) is 9.21 Å². The number of carbonyl (C=O) groups excluding carboxylic acids is 1. The van der Waals surface area contributed by atoms with Gasteiger partial charge in [-0.2, -0.15) is 4.31 Å².